The number of thioether (sulfide) groups is 1. The van der Waals surface area contributed by atoms with Gasteiger partial charge < -0.3 is 9.73 Å². The van der Waals surface area contributed by atoms with Crippen LogP contribution in [0.25, 0.3) is 11.5 Å². The highest BCUT2D eigenvalue weighted by Gasteiger charge is 2.19. The molecule has 7 heteroatoms. The first-order valence-corrected chi connectivity index (χ1v) is 9.32. The molecule has 3 aromatic rings. The van der Waals surface area contributed by atoms with Crippen LogP contribution in [0, 0.1) is 13.8 Å². The summed E-state index contributed by atoms with van der Waals surface area (Å²) in [4.78, 5) is 12.3. The molecule has 1 heterocycles. The number of halogens is 1. The van der Waals surface area contributed by atoms with E-state index in [4.69, 9.17) is 16.0 Å². The largest absolute Gasteiger partial charge is 0.411 e. The molecule has 0 aliphatic rings. The van der Waals surface area contributed by atoms with Gasteiger partial charge in [-0.2, -0.15) is 0 Å². The van der Waals surface area contributed by atoms with E-state index in [2.05, 4.69) is 21.6 Å². The Morgan fingerprint density at radius 2 is 1.88 bits per heavy atom. The van der Waals surface area contributed by atoms with Gasteiger partial charge in [0, 0.05) is 16.3 Å². The lowest BCUT2D eigenvalue weighted by Crippen LogP contribution is -2.22. The van der Waals surface area contributed by atoms with E-state index in [1.54, 1.807) is 31.2 Å². The van der Waals surface area contributed by atoms with Crippen LogP contribution in [0.15, 0.2) is 52.1 Å². The van der Waals surface area contributed by atoms with Gasteiger partial charge in [-0.25, -0.2) is 0 Å². The predicted octanol–water partition coefficient (Wildman–Crippen LogP) is 5.13. The van der Waals surface area contributed by atoms with Crippen LogP contribution < -0.4 is 5.32 Å². The van der Waals surface area contributed by atoms with E-state index in [-0.39, 0.29) is 5.91 Å². The Labute approximate surface area is 161 Å². The first-order valence-electron chi connectivity index (χ1n) is 8.06. The number of aryl methyl sites for hydroxylation is 2. The Balaban J connectivity index is 1.67. The van der Waals surface area contributed by atoms with Crippen molar-refractivity contribution in [2.24, 2.45) is 0 Å². The molecule has 1 amide bonds. The van der Waals surface area contributed by atoms with Crippen LogP contribution in [0.5, 0.6) is 0 Å². The first-order chi connectivity index (χ1) is 12.4. The minimum atomic E-state index is -0.401. The first kappa shape index (κ1) is 18.5. The molecule has 1 N–H and O–H groups in total. The van der Waals surface area contributed by atoms with E-state index < -0.39 is 5.25 Å². The summed E-state index contributed by atoms with van der Waals surface area (Å²) in [7, 11) is 0. The highest BCUT2D eigenvalue weighted by molar-refractivity contribution is 8.00. The summed E-state index contributed by atoms with van der Waals surface area (Å²) >= 11 is 7.14. The van der Waals surface area contributed by atoms with Crippen LogP contribution in [0.4, 0.5) is 5.69 Å². The van der Waals surface area contributed by atoms with Crippen LogP contribution in [0.3, 0.4) is 0 Å². The van der Waals surface area contributed by atoms with Gasteiger partial charge in [-0.3, -0.25) is 4.79 Å². The zero-order valence-electron chi connectivity index (χ0n) is 14.6. The normalized spacial score (nSPS) is 12.0. The van der Waals surface area contributed by atoms with Gasteiger partial charge in [-0.15, -0.1) is 10.2 Å². The summed E-state index contributed by atoms with van der Waals surface area (Å²) in [5.41, 5.74) is 3.78. The smallest absolute Gasteiger partial charge is 0.277 e. The zero-order chi connectivity index (χ0) is 18.7. The standard InChI is InChI=1S/C19H18ClN3O2S/c1-11-7-12(2)9-14(8-11)18-22-23-19(25-18)26-13(3)17(24)21-16-6-4-5-15(20)10-16/h4-10,13H,1-3H3,(H,21,24). The fourth-order valence-electron chi connectivity index (χ4n) is 2.49. The number of carbonyl (C=O) groups is 1. The van der Waals surface area contributed by atoms with Crippen molar-refractivity contribution in [1.29, 1.82) is 0 Å². The lowest BCUT2D eigenvalue weighted by molar-refractivity contribution is -0.115. The van der Waals surface area contributed by atoms with E-state index >= 15 is 0 Å². The van der Waals surface area contributed by atoms with Gasteiger partial charge in [-0.05, 0) is 51.1 Å². The van der Waals surface area contributed by atoms with Crippen molar-refractivity contribution in [3.8, 4) is 11.5 Å². The second-order valence-corrected chi connectivity index (χ2v) is 7.74. The summed E-state index contributed by atoms with van der Waals surface area (Å²) in [6.45, 7) is 5.82. The summed E-state index contributed by atoms with van der Waals surface area (Å²) in [6.07, 6.45) is 0. The Kier molecular flexibility index (Phi) is 5.64. The monoisotopic (exact) mass is 387 g/mol. The molecule has 1 atom stereocenters. The molecule has 0 fully saturated rings. The van der Waals surface area contributed by atoms with Crippen molar-refractivity contribution in [3.63, 3.8) is 0 Å². The number of amides is 1. The van der Waals surface area contributed by atoms with Crippen molar-refractivity contribution >= 4 is 35.0 Å². The number of anilines is 1. The van der Waals surface area contributed by atoms with Gasteiger partial charge in [0.1, 0.15) is 0 Å². The van der Waals surface area contributed by atoms with Gasteiger partial charge in [0.05, 0.1) is 5.25 Å². The van der Waals surface area contributed by atoms with Crippen LogP contribution in [-0.2, 0) is 4.79 Å². The minimum Gasteiger partial charge on any atom is -0.411 e. The number of hydrogen-bond acceptors (Lipinski definition) is 5. The fourth-order valence-corrected chi connectivity index (χ4v) is 3.36. The van der Waals surface area contributed by atoms with Gasteiger partial charge in [0.2, 0.25) is 11.8 Å². The number of carbonyl (C=O) groups excluding carboxylic acids is 1. The SMILES string of the molecule is Cc1cc(C)cc(-c2nnc(SC(C)C(=O)Nc3cccc(Cl)c3)o2)c1. The highest BCUT2D eigenvalue weighted by Crippen LogP contribution is 2.28. The zero-order valence-corrected chi connectivity index (χ0v) is 16.2. The van der Waals surface area contributed by atoms with Crippen molar-refractivity contribution in [2.45, 2.75) is 31.2 Å². The third kappa shape index (κ3) is 4.65. The molecule has 0 saturated carbocycles. The van der Waals surface area contributed by atoms with Gasteiger partial charge in [0.15, 0.2) is 0 Å². The number of nitrogens with one attached hydrogen (secondary N) is 1. The third-order valence-corrected chi connectivity index (χ3v) is 4.78. The number of hydrogen-bond donors (Lipinski definition) is 1. The van der Waals surface area contributed by atoms with Crippen molar-refractivity contribution in [1.82, 2.24) is 10.2 Å². The van der Waals surface area contributed by atoms with Crippen molar-refractivity contribution in [3.05, 3.63) is 58.6 Å². The molecule has 5 nitrogen and oxygen atoms in total. The van der Waals surface area contributed by atoms with E-state index in [1.807, 2.05) is 26.0 Å². The third-order valence-electron chi connectivity index (χ3n) is 3.61. The van der Waals surface area contributed by atoms with E-state index in [9.17, 15) is 4.79 Å². The number of aromatic nitrogens is 2. The number of rotatable bonds is 5. The molecule has 0 aliphatic carbocycles. The van der Waals surface area contributed by atoms with Gasteiger partial charge >= 0.3 is 0 Å². The second-order valence-electron chi connectivity index (χ2n) is 6.01. The maximum Gasteiger partial charge on any atom is 0.277 e. The molecule has 0 spiro atoms. The Morgan fingerprint density at radius 3 is 2.58 bits per heavy atom. The summed E-state index contributed by atoms with van der Waals surface area (Å²) in [6, 6.07) is 13.1. The summed E-state index contributed by atoms with van der Waals surface area (Å²) in [5, 5.41) is 11.5. The second kappa shape index (κ2) is 7.93. The highest BCUT2D eigenvalue weighted by atomic mass is 35.5. The van der Waals surface area contributed by atoms with Crippen LogP contribution in [-0.4, -0.2) is 21.4 Å². The van der Waals surface area contributed by atoms with E-state index in [0.29, 0.717) is 21.8 Å². The lowest BCUT2D eigenvalue weighted by Gasteiger charge is -2.10. The van der Waals surface area contributed by atoms with Crippen LogP contribution in [0.2, 0.25) is 5.02 Å². The number of benzene rings is 2. The summed E-state index contributed by atoms with van der Waals surface area (Å²) < 4.78 is 5.71. The van der Waals surface area contributed by atoms with Gasteiger partial charge in [-0.1, -0.05) is 46.6 Å². The molecule has 2 aromatic carbocycles. The predicted molar refractivity (Wildman–Crippen MR) is 105 cm³/mol. The summed E-state index contributed by atoms with van der Waals surface area (Å²) in [5.74, 6) is 0.283. The molecule has 0 saturated heterocycles. The average Bonchev–Trinajstić information content (AvgIpc) is 3.02. The molecule has 134 valence electrons. The topological polar surface area (TPSA) is 68.0 Å². The quantitative estimate of drug-likeness (QED) is 0.615. The molecular weight excluding hydrogens is 370 g/mol. The van der Waals surface area contributed by atoms with E-state index in [0.717, 1.165) is 16.7 Å². The molecule has 26 heavy (non-hydrogen) atoms. The fraction of sp³-hybridized carbons (Fsp3) is 0.211. The maximum atomic E-state index is 12.3. The van der Waals surface area contributed by atoms with Crippen LogP contribution in [0.1, 0.15) is 18.1 Å². The molecule has 1 unspecified atom stereocenters. The van der Waals surface area contributed by atoms with E-state index in [1.165, 1.54) is 11.8 Å². The minimum absolute atomic E-state index is 0.164. The van der Waals surface area contributed by atoms with Crippen LogP contribution >= 0.6 is 23.4 Å². The Morgan fingerprint density at radius 1 is 1.15 bits per heavy atom. The molecule has 0 aliphatic heterocycles. The number of nitrogens with zero attached hydrogens (tertiary/aromatic N) is 2. The molecule has 0 bridgehead atoms. The molecule has 3 rings (SSSR count). The Bertz CT molecular complexity index is 922. The lowest BCUT2D eigenvalue weighted by atomic mass is 10.1. The molecule has 0 radical (unpaired) electrons. The van der Waals surface area contributed by atoms with Crippen molar-refractivity contribution < 1.29 is 9.21 Å². The molecular formula is C19H18ClN3O2S. The van der Waals surface area contributed by atoms with Crippen molar-refractivity contribution in [2.75, 3.05) is 5.32 Å². The molecule has 1 aromatic heterocycles. The van der Waals surface area contributed by atoms with Gasteiger partial charge in [0.25, 0.3) is 5.22 Å². The maximum absolute atomic E-state index is 12.3. The Hall–Kier alpha value is -2.31. The average molecular weight is 388 g/mol.